The van der Waals surface area contributed by atoms with Crippen LogP contribution in [0, 0.1) is 6.92 Å². The second kappa shape index (κ2) is 8.52. The number of carbonyl (C=O) groups is 2. The Hall–Kier alpha value is -3.80. The van der Waals surface area contributed by atoms with Gasteiger partial charge in [-0.3, -0.25) is 14.5 Å². The molecular formula is C25H24N2O4. The molecule has 1 aliphatic heterocycles. The fourth-order valence-corrected chi connectivity index (χ4v) is 3.68. The van der Waals surface area contributed by atoms with Gasteiger partial charge >= 0.3 is 5.97 Å². The minimum absolute atomic E-state index is 0.0733. The Morgan fingerprint density at radius 2 is 1.61 bits per heavy atom. The van der Waals surface area contributed by atoms with E-state index in [2.05, 4.69) is 0 Å². The fourth-order valence-electron chi connectivity index (χ4n) is 3.68. The first-order valence-electron chi connectivity index (χ1n) is 10.0. The van der Waals surface area contributed by atoms with Gasteiger partial charge in [0, 0.05) is 11.4 Å². The molecule has 1 amide bonds. The minimum Gasteiger partial charge on any atom is -0.497 e. The van der Waals surface area contributed by atoms with E-state index in [-0.39, 0.29) is 12.3 Å². The van der Waals surface area contributed by atoms with Gasteiger partial charge in [0.15, 0.2) is 0 Å². The van der Waals surface area contributed by atoms with Crippen molar-refractivity contribution < 1.29 is 19.1 Å². The number of ether oxygens (including phenoxy) is 2. The zero-order valence-electron chi connectivity index (χ0n) is 17.4. The number of β-lactam (4-membered cyclic amide) rings is 1. The van der Waals surface area contributed by atoms with Gasteiger partial charge in [0.2, 0.25) is 6.10 Å². The van der Waals surface area contributed by atoms with E-state index < -0.39 is 18.1 Å². The van der Waals surface area contributed by atoms with Crippen molar-refractivity contribution >= 4 is 23.3 Å². The summed E-state index contributed by atoms with van der Waals surface area (Å²) in [6.45, 7) is 1.99. The Morgan fingerprint density at radius 1 is 0.968 bits per heavy atom. The number of amides is 1. The number of nitrogens with zero attached hydrogens (tertiary/aromatic N) is 1. The van der Waals surface area contributed by atoms with Gasteiger partial charge in [0.05, 0.1) is 13.5 Å². The van der Waals surface area contributed by atoms with Crippen molar-refractivity contribution in [3.8, 4) is 5.75 Å². The summed E-state index contributed by atoms with van der Waals surface area (Å²) in [4.78, 5) is 27.2. The Bertz CT molecular complexity index is 1080. The van der Waals surface area contributed by atoms with Gasteiger partial charge < -0.3 is 15.2 Å². The molecule has 2 N–H and O–H groups in total. The molecule has 1 saturated heterocycles. The molecule has 0 saturated carbocycles. The summed E-state index contributed by atoms with van der Waals surface area (Å²) in [6.07, 6.45) is -0.805. The van der Waals surface area contributed by atoms with Crippen LogP contribution in [-0.4, -0.2) is 25.1 Å². The van der Waals surface area contributed by atoms with E-state index in [4.69, 9.17) is 15.2 Å². The number of hydrogen-bond acceptors (Lipinski definition) is 5. The van der Waals surface area contributed by atoms with Crippen molar-refractivity contribution in [2.24, 2.45) is 0 Å². The minimum atomic E-state index is -0.879. The van der Waals surface area contributed by atoms with Gasteiger partial charge in [-0.1, -0.05) is 42.0 Å². The highest BCUT2D eigenvalue weighted by Gasteiger charge is 2.51. The van der Waals surface area contributed by atoms with Crippen LogP contribution in [0.15, 0.2) is 72.8 Å². The van der Waals surface area contributed by atoms with E-state index in [9.17, 15) is 9.59 Å². The van der Waals surface area contributed by atoms with Crippen LogP contribution in [0.2, 0.25) is 0 Å². The SMILES string of the molecule is COc1ccc(C2C(OC(=O)Cc3ccc(N)cc3)C(=O)N2c2ccc(C)cc2)cc1. The second-order valence-electron chi connectivity index (χ2n) is 7.59. The number of carbonyl (C=O) groups excluding carboxylic acids is 2. The third-order valence-corrected chi connectivity index (χ3v) is 5.40. The summed E-state index contributed by atoms with van der Waals surface area (Å²) in [5.74, 6) is 0.0219. The van der Waals surface area contributed by atoms with Crippen molar-refractivity contribution in [3.63, 3.8) is 0 Å². The number of hydrogen-bond donors (Lipinski definition) is 1. The molecule has 0 bridgehead atoms. The molecule has 158 valence electrons. The van der Waals surface area contributed by atoms with Crippen molar-refractivity contribution in [1.82, 2.24) is 0 Å². The number of benzene rings is 3. The quantitative estimate of drug-likeness (QED) is 0.375. The van der Waals surface area contributed by atoms with Gasteiger partial charge in [0.25, 0.3) is 5.91 Å². The average Bonchev–Trinajstić information content (AvgIpc) is 2.78. The van der Waals surface area contributed by atoms with Gasteiger partial charge in [-0.25, -0.2) is 0 Å². The standard InChI is InChI=1S/C25H24N2O4/c1-16-3-11-20(12-4-16)27-23(18-7-13-21(30-2)14-8-18)24(25(27)29)31-22(28)15-17-5-9-19(26)10-6-17/h3-14,23-24H,15,26H2,1-2H3. The third kappa shape index (κ3) is 4.23. The maximum Gasteiger partial charge on any atom is 0.311 e. The Balaban J connectivity index is 1.57. The molecule has 0 spiro atoms. The van der Waals surface area contributed by atoms with Crippen LogP contribution in [0.25, 0.3) is 0 Å². The summed E-state index contributed by atoms with van der Waals surface area (Å²) in [6, 6.07) is 21.8. The zero-order chi connectivity index (χ0) is 22.0. The summed E-state index contributed by atoms with van der Waals surface area (Å²) in [5, 5.41) is 0. The molecule has 0 aliphatic carbocycles. The van der Waals surface area contributed by atoms with E-state index in [0.29, 0.717) is 11.4 Å². The lowest BCUT2D eigenvalue weighted by Gasteiger charge is -2.46. The molecule has 0 radical (unpaired) electrons. The highest BCUT2D eigenvalue weighted by atomic mass is 16.6. The number of anilines is 2. The molecule has 6 nitrogen and oxygen atoms in total. The first-order valence-corrected chi connectivity index (χ1v) is 10.0. The molecular weight excluding hydrogens is 392 g/mol. The number of nitrogen functional groups attached to an aromatic ring is 1. The summed E-state index contributed by atoms with van der Waals surface area (Å²) in [5.41, 5.74) is 9.83. The Morgan fingerprint density at radius 3 is 2.23 bits per heavy atom. The number of aryl methyl sites for hydroxylation is 1. The molecule has 6 heteroatoms. The molecule has 31 heavy (non-hydrogen) atoms. The van der Waals surface area contributed by atoms with E-state index in [1.54, 1.807) is 36.3 Å². The van der Waals surface area contributed by atoms with Gasteiger partial charge in [0.1, 0.15) is 11.8 Å². The Kier molecular flexibility index (Phi) is 5.62. The largest absolute Gasteiger partial charge is 0.497 e. The highest BCUT2D eigenvalue weighted by molar-refractivity contribution is 6.06. The van der Waals surface area contributed by atoms with Crippen molar-refractivity contribution in [1.29, 1.82) is 0 Å². The van der Waals surface area contributed by atoms with Gasteiger partial charge in [-0.15, -0.1) is 0 Å². The topological polar surface area (TPSA) is 81.9 Å². The summed E-state index contributed by atoms with van der Waals surface area (Å²) < 4.78 is 10.9. The van der Waals surface area contributed by atoms with E-state index in [0.717, 1.165) is 22.4 Å². The lowest BCUT2D eigenvalue weighted by atomic mass is 9.89. The molecule has 1 aliphatic rings. The number of rotatable bonds is 6. The molecule has 1 heterocycles. The normalized spacial score (nSPS) is 17.7. The van der Waals surface area contributed by atoms with Crippen LogP contribution in [-0.2, 0) is 20.7 Å². The van der Waals surface area contributed by atoms with Gasteiger partial charge in [-0.2, -0.15) is 0 Å². The van der Waals surface area contributed by atoms with E-state index in [1.165, 1.54) is 0 Å². The first-order chi connectivity index (χ1) is 15.0. The van der Waals surface area contributed by atoms with Crippen molar-refractivity contribution in [2.75, 3.05) is 17.7 Å². The fraction of sp³-hybridized carbons (Fsp3) is 0.200. The number of nitrogens with two attached hydrogens (primary N) is 1. The molecule has 4 rings (SSSR count). The maximum atomic E-state index is 13.0. The van der Waals surface area contributed by atoms with Crippen LogP contribution in [0.4, 0.5) is 11.4 Å². The molecule has 3 aromatic carbocycles. The van der Waals surface area contributed by atoms with Crippen molar-refractivity contribution in [3.05, 3.63) is 89.5 Å². The van der Waals surface area contributed by atoms with E-state index >= 15 is 0 Å². The molecule has 2 unspecified atom stereocenters. The zero-order valence-corrected chi connectivity index (χ0v) is 17.4. The van der Waals surface area contributed by atoms with Crippen LogP contribution in [0.3, 0.4) is 0 Å². The highest BCUT2D eigenvalue weighted by Crippen LogP contribution is 2.41. The first kappa shape index (κ1) is 20.5. The lowest BCUT2D eigenvalue weighted by molar-refractivity contribution is -0.162. The van der Waals surface area contributed by atoms with Crippen LogP contribution >= 0.6 is 0 Å². The van der Waals surface area contributed by atoms with Crippen molar-refractivity contribution in [2.45, 2.75) is 25.5 Å². The van der Waals surface area contributed by atoms with Crippen LogP contribution in [0.1, 0.15) is 22.7 Å². The molecule has 0 aromatic heterocycles. The molecule has 2 atom stereocenters. The lowest BCUT2D eigenvalue weighted by Crippen LogP contribution is -2.60. The Labute approximate surface area is 181 Å². The molecule has 1 fully saturated rings. The maximum absolute atomic E-state index is 13.0. The monoisotopic (exact) mass is 416 g/mol. The van der Waals surface area contributed by atoms with Crippen LogP contribution in [0.5, 0.6) is 5.75 Å². The number of esters is 1. The smallest absolute Gasteiger partial charge is 0.311 e. The van der Waals surface area contributed by atoms with Gasteiger partial charge in [-0.05, 0) is 54.4 Å². The summed E-state index contributed by atoms with van der Waals surface area (Å²) in [7, 11) is 1.60. The van der Waals surface area contributed by atoms with Crippen LogP contribution < -0.4 is 15.4 Å². The third-order valence-electron chi connectivity index (χ3n) is 5.40. The predicted molar refractivity (Wildman–Crippen MR) is 119 cm³/mol. The van der Waals surface area contributed by atoms with E-state index in [1.807, 2.05) is 55.5 Å². The average molecular weight is 416 g/mol. The molecule has 3 aromatic rings. The summed E-state index contributed by atoms with van der Waals surface area (Å²) >= 11 is 0. The number of methoxy groups -OCH3 is 1. The predicted octanol–water partition coefficient (Wildman–Crippen LogP) is 3.83. The second-order valence-corrected chi connectivity index (χ2v) is 7.59.